The van der Waals surface area contributed by atoms with Crippen LogP contribution in [0, 0.1) is 13.8 Å². The SMILES string of the molecule is CCCN(CCC)C(=O)c1cc(-c2ccco2)nn1-c1cc(C)ccc1C. The van der Waals surface area contributed by atoms with Crippen molar-refractivity contribution in [1.82, 2.24) is 14.7 Å². The predicted molar refractivity (Wildman–Crippen MR) is 107 cm³/mol. The molecule has 0 spiro atoms. The van der Waals surface area contributed by atoms with E-state index in [1.165, 1.54) is 0 Å². The van der Waals surface area contributed by atoms with Gasteiger partial charge in [0.05, 0.1) is 12.0 Å². The molecule has 5 nitrogen and oxygen atoms in total. The molecule has 3 rings (SSSR count). The number of carbonyl (C=O) groups excluding carboxylic acids is 1. The first-order valence-corrected chi connectivity index (χ1v) is 9.56. The van der Waals surface area contributed by atoms with E-state index in [-0.39, 0.29) is 5.91 Å². The predicted octanol–water partition coefficient (Wildman–Crippen LogP) is 5.01. The molecular weight excluding hydrogens is 338 g/mol. The molecule has 0 fully saturated rings. The lowest BCUT2D eigenvalue weighted by Gasteiger charge is -2.22. The molecule has 0 aliphatic rings. The van der Waals surface area contributed by atoms with Crippen LogP contribution >= 0.6 is 0 Å². The number of aryl methyl sites for hydroxylation is 2. The van der Waals surface area contributed by atoms with Crippen molar-refractivity contribution in [2.24, 2.45) is 0 Å². The van der Waals surface area contributed by atoms with Crippen molar-refractivity contribution in [3.05, 3.63) is 59.5 Å². The molecule has 0 unspecified atom stereocenters. The monoisotopic (exact) mass is 365 g/mol. The first-order valence-electron chi connectivity index (χ1n) is 9.56. The maximum absolute atomic E-state index is 13.3. The molecule has 3 aromatic rings. The van der Waals surface area contributed by atoms with Crippen molar-refractivity contribution in [3.63, 3.8) is 0 Å². The Morgan fingerprint density at radius 2 is 1.85 bits per heavy atom. The lowest BCUT2D eigenvalue weighted by molar-refractivity contribution is 0.0746. The number of rotatable bonds is 7. The summed E-state index contributed by atoms with van der Waals surface area (Å²) in [7, 11) is 0. The Bertz CT molecular complexity index is 904. The minimum absolute atomic E-state index is 0.00455. The summed E-state index contributed by atoms with van der Waals surface area (Å²) in [4.78, 5) is 15.2. The van der Waals surface area contributed by atoms with E-state index < -0.39 is 0 Å². The zero-order valence-electron chi connectivity index (χ0n) is 16.5. The van der Waals surface area contributed by atoms with Crippen LogP contribution in [0.5, 0.6) is 0 Å². The Kier molecular flexibility index (Phi) is 5.79. The van der Waals surface area contributed by atoms with Crippen LogP contribution in [0.2, 0.25) is 0 Å². The quantitative estimate of drug-likeness (QED) is 0.591. The Morgan fingerprint density at radius 1 is 1.11 bits per heavy atom. The van der Waals surface area contributed by atoms with Crippen LogP contribution in [0.4, 0.5) is 0 Å². The van der Waals surface area contributed by atoms with Crippen LogP contribution in [-0.2, 0) is 0 Å². The van der Waals surface area contributed by atoms with Crippen molar-refractivity contribution in [1.29, 1.82) is 0 Å². The number of benzene rings is 1. The molecule has 0 saturated carbocycles. The summed E-state index contributed by atoms with van der Waals surface area (Å²) in [5.41, 5.74) is 4.35. The van der Waals surface area contributed by atoms with Crippen molar-refractivity contribution in [3.8, 4) is 17.1 Å². The highest BCUT2D eigenvalue weighted by molar-refractivity contribution is 5.94. The van der Waals surface area contributed by atoms with Crippen LogP contribution in [-0.4, -0.2) is 33.7 Å². The van der Waals surface area contributed by atoms with Crippen LogP contribution in [0.3, 0.4) is 0 Å². The maximum atomic E-state index is 13.3. The van der Waals surface area contributed by atoms with Gasteiger partial charge in [-0.25, -0.2) is 4.68 Å². The highest BCUT2D eigenvalue weighted by Gasteiger charge is 2.23. The summed E-state index contributed by atoms with van der Waals surface area (Å²) >= 11 is 0. The first-order chi connectivity index (χ1) is 13.0. The van der Waals surface area contributed by atoms with Gasteiger partial charge in [0, 0.05) is 19.2 Å². The summed E-state index contributed by atoms with van der Waals surface area (Å²) in [6, 6.07) is 11.7. The van der Waals surface area contributed by atoms with E-state index >= 15 is 0 Å². The van der Waals surface area contributed by atoms with E-state index in [0.29, 0.717) is 17.1 Å². The molecule has 1 aromatic carbocycles. The van der Waals surface area contributed by atoms with Gasteiger partial charge in [0.1, 0.15) is 11.4 Å². The smallest absolute Gasteiger partial charge is 0.272 e. The molecule has 0 saturated heterocycles. The number of hydrogen-bond donors (Lipinski definition) is 0. The van der Waals surface area contributed by atoms with E-state index in [9.17, 15) is 4.79 Å². The molecule has 0 aliphatic carbocycles. The number of furan rings is 1. The van der Waals surface area contributed by atoms with Crippen LogP contribution in [0.1, 0.15) is 48.3 Å². The molecule has 2 aromatic heterocycles. The average Bonchev–Trinajstić information content (AvgIpc) is 3.32. The largest absolute Gasteiger partial charge is 0.463 e. The molecule has 27 heavy (non-hydrogen) atoms. The molecule has 0 bridgehead atoms. The normalized spacial score (nSPS) is 11.0. The molecule has 0 radical (unpaired) electrons. The topological polar surface area (TPSA) is 51.3 Å². The second-order valence-electron chi connectivity index (χ2n) is 6.89. The Morgan fingerprint density at radius 3 is 2.48 bits per heavy atom. The molecule has 5 heteroatoms. The number of amides is 1. The molecular formula is C22H27N3O2. The van der Waals surface area contributed by atoms with Crippen molar-refractivity contribution < 1.29 is 9.21 Å². The average molecular weight is 365 g/mol. The maximum Gasteiger partial charge on any atom is 0.272 e. The van der Waals surface area contributed by atoms with Gasteiger partial charge in [-0.2, -0.15) is 5.10 Å². The molecule has 0 N–H and O–H groups in total. The number of hydrogen-bond acceptors (Lipinski definition) is 3. The van der Waals surface area contributed by atoms with Gasteiger partial charge in [0.15, 0.2) is 5.76 Å². The van der Waals surface area contributed by atoms with Gasteiger partial charge in [0.25, 0.3) is 5.91 Å². The van der Waals surface area contributed by atoms with E-state index in [2.05, 4.69) is 32.0 Å². The number of aromatic nitrogens is 2. The highest BCUT2D eigenvalue weighted by atomic mass is 16.3. The minimum Gasteiger partial charge on any atom is -0.463 e. The van der Waals surface area contributed by atoms with E-state index in [0.717, 1.165) is 42.7 Å². The minimum atomic E-state index is 0.00455. The summed E-state index contributed by atoms with van der Waals surface area (Å²) < 4.78 is 7.28. The van der Waals surface area contributed by atoms with E-state index in [4.69, 9.17) is 9.52 Å². The van der Waals surface area contributed by atoms with Gasteiger partial charge >= 0.3 is 0 Å². The van der Waals surface area contributed by atoms with Crippen LogP contribution in [0.25, 0.3) is 17.1 Å². The van der Waals surface area contributed by atoms with Gasteiger partial charge in [-0.3, -0.25) is 4.79 Å². The van der Waals surface area contributed by atoms with Crippen molar-refractivity contribution in [2.75, 3.05) is 13.1 Å². The Hall–Kier alpha value is -2.82. The summed E-state index contributed by atoms with van der Waals surface area (Å²) in [5.74, 6) is 0.663. The van der Waals surface area contributed by atoms with Crippen LogP contribution in [0.15, 0.2) is 47.1 Å². The first kappa shape index (κ1) is 19.0. The third kappa shape index (κ3) is 3.97. The fourth-order valence-electron chi connectivity index (χ4n) is 3.23. The van der Waals surface area contributed by atoms with Crippen molar-refractivity contribution >= 4 is 5.91 Å². The fourth-order valence-corrected chi connectivity index (χ4v) is 3.23. The summed E-state index contributed by atoms with van der Waals surface area (Å²) in [5, 5.41) is 4.72. The summed E-state index contributed by atoms with van der Waals surface area (Å²) in [6.45, 7) is 9.73. The van der Waals surface area contributed by atoms with E-state index in [1.54, 1.807) is 10.9 Å². The van der Waals surface area contributed by atoms with Gasteiger partial charge in [-0.15, -0.1) is 0 Å². The molecule has 0 aliphatic heterocycles. The lowest BCUT2D eigenvalue weighted by Crippen LogP contribution is -2.34. The second kappa shape index (κ2) is 8.25. The number of nitrogens with zero attached hydrogens (tertiary/aromatic N) is 3. The standard InChI is InChI=1S/C22H27N3O2/c1-5-11-24(12-6-2)22(26)20-15-18(21-8-7-13-27-21)23-25(20)19-14-16(3)9-10-17(19)4/h7-10,13-15H,5-6,11-12H2,1-4H3. The fraction of sp³-hybridized carbons (Fsp3) is 0.364. The Balaban J connectivity index is 2.13. The molecule has 2 heterocycles. The van der Waals surface area contributed by atoms with Gasteiger partial charge < -0.3 is 9.32 Å². The third-order valence-corrected chi connectivity index (χ3v) is 4.57. The molecule has 142 valence electrons. The Labute approximate surface area is 160 Å². The molecule has 1 amide bonds. The van der Waals surface area contributed by atoms with Crippen molar-refractivity contribution in [2.45, 2.75) is 40.5 Å². The lowest BCUT2D eigenvalue weighted by atomic mass is 10.1. The zero-order chi connectivity index (χ0) is 19.4. The zero-order valence-corrected chi connectivity index (χ0v) is 16.5. The summed E-state index contributed by atoms with van der Waals surface area (Å²) in [6.07, 6.45) is 3.47. The molecule has 0 atom stereocenters. The highest BCUT2D eigenvalue weighted by Crippen LogP contribution is 2.25. The van der Waals surface area contributed by atoms with Crippen LogP contribution < -0.4 is 0 Å². The van der Waals surface area contributed by atoms with Gasteiger partial charge in [-0.1, -0.05) is 26.0 Å². The van der Waals surface area contributed by atoms with E-state index in [1.807, 2.05) is 36.9 Å². The second-order valence-corrected chi connectivity index (χ2v) is 6.89. The number of carbonyl (C=O) groups is 1. The van der Waals surface area contributed by atoms with Gasteiger partial charge in [0.2, 0.25) is 0 Å². The third-order valence-electron chi connectivity index (χ3n) is 4.57. The van der Waals surface area contributed by atoms with Gasteiger partial charge in [-0.05, 0) is 56.0 Å².